The smallest absolute Gasteiger partial charge is 0.251 e. The minimum Gasteiger partial charge on any atom is -0.352 e. The van der Waals surface area contributed by atoms with Gasteiger partial charge in [0.25, 0.3) is 5.95 Å². The third kappa shape index (κ3) is 4.35. The topological polar surface area (TPSA) is 84.7 Å². The Labute approximate surface area is 154 Å². The molecule has 2 N–H and O–H groups in total. The Morgan fingerprint density at radius 2 is 1.96 bits per heavy atom. The number of carbonyl (C=O) groups excluding carboxylic acids is 1. The van der Waals surface area contributed by atoms with E-state index in [1.807, 2.05) is 33.8 Å². The average molecular weight is 365 g/mol. The highest BCUT2D eigenvalue weighted by molar-refractivity contribution is 5.85. The maximum atomic E-state index is 12.3. The molecule has 1 fully saturated rings. The molecule has 0 aliphatic carbocycles. The largest absolute Gasteiger partial charge is 0.352 e. The normalized spacial score (nSPS) is 16.6. The van der Waals surface area contributed by atoms with E-state index in [-0.39, 0.29) is 24.4 Å². The lowest BCUT2D eigenvalue weighted by molar-refractivity contribution is -0.121. The number of rotatable bonds is 4. The molecule has 0 saturated carbocycles. The molecule has 8 heteroatoms. The molecule has 1 saturated heterocycles. The first-order valence-corrected chi connectivity index (χ1v) is 8.32. The van der Waals surface area contributed by atoms with Crippen LogP contribution >= 0.6 is 12.4 Å². The molecule has 2 aromatic rings. The first-order valence-electron chi connectivity index (χ1n) is 8.32. The molecular formula is C17H25ClN6O. The lowest BCUT2D eigenvalue weighted by atomic mass is 10.1. The number of halogens is 1. The van der Waals surface area contributed by atoms with Gasteiger partial charge in [-0.15, -0.1) is 12.4 Å². The minimum absolute atomic E-state index is 0. The van der Waals surface area contributed by atoms with Crippen molar-refractivity contribution in [1.82, 2.24) is 30.4 Å². The van der Waals surface area contributed by atoms with Crippen molar-refractivity contribution in [3.63, 3.8) is 0 Å². The molecule has 1 unspecified atom stereocenters. The minimum atomic E-state index is 0. The van der Waals surface area contributed by atoms with Crippen molar-refractivity contribution in [2.75, 3.05) is 13.1 Å². The molecule has 0 aromatic carbocycles. The number of aryl methyl sites for hydroxylation is 3. The van der Waals surface area contributed by atoms with Crippen LogP contribution < -0.4 is 10.6 Å². The van der Waals surface area contributed by atoms with Gasteiger partial charge in [0.05, 0.1) is 12.1 Å². The second kappa shape index (κ2) is 7.93. The summed E-state index contributed by atoms with van der Waals surface area (Å²) in [6.07, 6.45) is 1.32. The standard InChI is InChI=1S/C17H24N6O.ClH/c1-10-7-11(2)20-17(19-10)23-13(4)15(12(3)22-23)8-16(24)21-14-5-6-18-9-14;/h7,14,18H,5-6,8-9H2,1-4H3,(H,21,24);1H. The molecule has 0 radical (unpaired) electrons. The first-order chi connectivity index (χ1) is 11.4. The van der Waals surface area contributed by atoms with Gasteiger partial charge in [-0.1, -0.05) is 0 Å². The highest BCUT2D eigenvalue weighted by Crippen LogP contribution is 2.17. The molecule has 1 atom stereocenters. The quantitative estimate of drug-likeness (QED) is 0.855. The summed E-state index contributed by atoms with van der Waals surface area (Å²) in [5.74, 6) is 0.593. The molecule has 136 valence electrons. The Morgan fingerprint density at radius 3 is 2.56 bits per heavy atom. The lowest BCUT2D eigenvalue weighted by Gasteiger charge is -2.11. The zero-order chi connectivity index (χ0) is 17.3. The van der Waals surface area contributed by atoms with Gasteiger partial charge >= 0.3 is 0 Å². The van der Waals surface area contributed by atoms with Crippen molar-refractivity contribution in [1.29, 1.82) is 0 Å². The van der Waals surface area contributed by atoms with Crippen LogP contribution in [0.2, 0.25) is 0 Å². The fraction of sp³-hybridized carbons (Fsp3) is 0.529. The maximum absolute atomic E-state index is 12.3. The molecule has 2 aromatic heterocycles. The van der Waals surface area contributed by atoms with E-state index in [0.29, 0.717) is 12.4 Å². The molecule has 1 amide bonds. The Balaban J connectivity index is 0.00000225. The lowest BCUT2D eigenvalue weighted by Crippen LogP contribution is -2.37. The monoisotopic (exact) mass is 364 g/mol. The van der Waals surface area contributed by atoms with E-state index in [9.17, 15) is 4.79 Å². The van der Waals surface area contributed by atoms with Crippen LogP contribution in [0.4, 0.5) is 0 Å². The zero-order valence-corrected chi connectivity index (χ0v) is 15.9. The van der Waals surface area contributed by atoms with E-state index in [1.54, 1.807) is 4.68 Å². The molecule has 3 rings (SSSR count). The van der Waals surface area contributed by atoms with Crippen molar-refractivity contribution >= 4 is 18.3 Å². The first kappa shape index (κ1) is 19.3. The van der Waals surface area contributed by atoms with Crippen molar-refractivity contribution in [3.8, 4) is 5.95 Å². The van der Waals surface area contributed by atoms with Gasteiger partial charge in [0.1, 0.15) is 0 Å². The van der Waals surface area contributed by atoms with Gasteiger partial charge in [0.2, 0.25) is 5.91 Å². The SMILES string of the molecule is Cc1cc(C)nc(-n2nc(C)c(CC(=O)NC3CCNC3)c2C)n1.Cl. The van der Waals surface area contributed by atoms with Gasteiger partial charge < -0.3 is 10.6 Å². The molecule has 3 heterocycles. The molecule has 25 heavy (non-hydrogen) atoms. The summed E-state index contributed by atoms with van der Waals surface area (Å²) in [5, 5.41) is 10.9. The van der Waals surface area contributed by atoms with E-state index in [1.165, 1.54) is 0 Å². The van der Waals surface area contributed by atoms with Crippen LogP contribution in [0.5, 0.6) is 0 Å². The van der Waals surface area contributed by atoms with Gasteiger partial charge in [0.15, 0.2) is 0 Å². The third-order valence-electron chi connectivity index (χ3n) is 4.36. The predicted molar refractivity (Wildman–Crippen MR) is 98.5 cm³/mol. The van der Waals surface area contributed by atoms with E-state index in [2.05, 4.69) is 25.7 Å². The van der Waals surface area contributed by atoms with E-state index >= 15 is 0 Å². The van der Waals surface area contributed by atoms with Gasteiger partial charge in [0, 0.05) is 35.2 Å². The Kier molecular flexibility index (Phi) is 6.13. The van der Waals surface area contributed by atoms with Gasteiger partial charge in [-0.2, -0.15) is 5.10 Å². The summed E-state index contributed by atoms with van der Waals surface area (Å²) in [5.41, 5.74) is 4.50. The predicted octanol–water partition coefficient (Wildman–Crippen LogP) is 1.34. The van der Waals surface area contributed by atoms with Crippen molar-refractivity contribution in [3.05, 3.63) is 34.4 Å². The Bertz CT molecular complexity index is 746. The molecular weight excluding hydrogens is 340 g/mol. The Morgan fingerprint density at radius 1 is 1.28 bits per heavy atom. The molecule has 0 bridgehead atoms. The highest BCUT2D eigenvalue weighted by Gasteiger charge is 2.20. The van der Waals surface area contributed by atoms with E-state index in [0.717, 1.165) is 47.8 Å². The van der Waals surface area contributed by atoms with E-state index < -0.39 is 0 Å². The summed E-state index contributed by atoms with van der Waals surface area (Å²) < 4.78 is 1.73. The number of aromatic nitrogens is 4. The number of hydrogen-bond donors (Lipinski definition) is 2. The fourth-order valence-corrected chi connectivity index (χ4v) is 3.14. The van der Waals surface area contributed by atoms with Gasteiger partial charge in [-0.25, -0.2) is 14.6 Å². The number of nitrogens with one attached hydrogen (secondary N) is 2. The Hall–Kier alpha value is -1.99. The number of hydrogen-bond acceptors (Lipinski definition) is 5. The van der Waals surface area contributed by atoms with Crippen LogP contribution in [-0.2, 0) is 11.2 Å². The summed E-state index contributed by atoms with van der Waals surface area (Å²) in [6, 6.07) is 2.16. The van der Waals surface area contributed by atoms with Crippen molar-refractivity contribution in [2.24, 2.45) is 0 Å². The maximum Gasteiger partial charge on any atom is 0.251 e. The van der Waals surface area contributed by atoms with Crippen LogP contribution in [0, 0.1) is 27.7 Å². The van der Waals surface area contributed by atoms with Crippen molar-refractivity contribution in [2.45, 2.75) is 46.6 Å². The highest BCUT2D eigenvalue weighted by atomic mass is 35.5. The summed E-state index contributed by atoms with van der Waals surface area (Å²) in [7, 11) is 0. The van der Waals surface area contributed by atoms with Crippen molar-refractivity contribution < 1.29 is 4.79 Å². The molecule has 7 nitrogen and oxygen atoms in total. The van der Waals surface area contributed by atoms with E-state index in [4.69, 9.17) is 0 Å². The van der Waals surface area contributed by atoms with Gasteiger partial charge in [-0.05, 0) is 46.7 Å². The fourth-order valence-electron chi connectivity index (χ4n) is 3.14. The van der Waals surface area contributed by atoms with Crippen LogP contribution in [0.25, 0.3) is 5.95 Å². The zero-order valence-electron chi connectivity index (χ0n) is 15.1. The summed E-state index contributed by atoms with van der Waals surface area (Å²) in [4.78, 5) is 21.2. The third-order valence-corrected chi connectivity index (χ3v) is 4.36. The second-order valence-corrected chi connectivity index (χ2v) is 6.45. The summed E-state index contributed by atoms with van der Waals surface area (Å²) >= 11 is 0. The van der Waals surface area contributed by atoms with Gasteiger partial charge in [-0.3, -0.25) is 4.79 Å². The molecule has 0 spiro atoms. The summed E-state index contributed by atoms with van der Waals surface area (Å²) in [6.45, 7) is 9.57. The number of amides is 1. The number of carbonyl (C=O) groups is 1. The van der Waals surface area contributed by atoms with Crippen LogP contribution in [-0.4, -0.2) is 44.8 Å². The van der Waals surface area contributed by atoms with Crippen LogP contribution in [0.1, 0.15) is 34.8 Å². The van der Waals surface area contributed by atoms with Crippen LogP contribution in [0.3, 0.4) is 0 Å². The molecule has 1 aliphatic heterocycles. The number of nitrogens with zero attached hydrogens (tertiary/aromatic N) is 4. The second-order valence-electron chi connectivity index (χ2n) is 6.45. The molecule has 1 aliphatic rings. The van der Waals surface area contributed by atoms with Crippen LogP contribution in [0.15, 0.2) is 6.07 Å². The average Bonchev–Trinajstić information content (AvgIpc) is 3.09.